The van der Waals surface area contributed by atoms with Crippen molar-refractivity contribution in [1.82, 2.24) is 9.78 Å². The number of allylic oxidation sites excluding steroid dienone is 4. The van der Waals surface area contributed by atoms with E-state index in [1.54, 1.807) is 0 Å². The topological polar surface area (TPSA) is 17.8 Å². The molecule has 1 atom stereocenters. The average molecular weight is 231 g/mol. The number of rotatable bonds is 1. The summed E-state index contributed by atoms with van der Waals surface area (Å²) in [6.45, 7) is 0. The number of alkyl halides is 1. The molecule has 0 radical (unpaired) electrons. The molecule has 0 N–H and O–H groups in total. The summed E-state index contributed by atoms with van der Waals surface area (Å²) in [4.78, 5) is -0.558. The van der Waals surface area contributed by atoms with E-state index < -0.39 is 5.00 Å². The molecular formula is C13H11ClN2. The molecule has 1 aromatic carbocycles. The summed E-state index contributed by atoms with van der Waals surface area (Å²) in [5, 5.41) is 5.51. The lowest BCUT2D eigenvalue weighted by Crippen LogP contribution is -2.26. The number of benzene rings is 1. The zero-order valence-corrected chi connectivity index (χ0v) is 9.43. The summed E-state index contributed by atoms with van der Waals surface area (Å²) < 4.78 is 1.88. The number of hydrogen-bond donors (Lipinski definition) is 0. The van der Waals surface area contributed by atoms with Crippen molar-refractivity contribution < 1.29 is 0 Å². The van der Waals surface area contributed by atoms with E-state index in [1.807, 2.05) is 53.4 Å². The van der Waals surface area contributed by atoms with Crippen molar-refractivity contribution in [2.45, 2.75) is 11.4 Å². The Kier molecular flexibility index (Phi) is 2.11. The van der Waals surface area contributed by atoms with Gasteiger partial charge in [0.1, 0.15) is 0 Å². The van der Waals surface area contributed by atoms with Gasteiger partial charge in [-0.05, 0) is 12.1 Å². The van der Waals surface area contributed by atoms with Gasteiger partial charge in [-0.2, -0.15) is 5.10 Å². The first kappa shape index (κ1) is 9.67. The Bertz CT molecular complexity index is 582. The van der Waals surface area contributed by atoms with Crippen LogP contribution < -0.4 is 0 Å². The van der Waals surface area contributed by atoms with Crippen molar-refractivity contribution in [3.8, 4) is 0 Å². The fraction of sp³-hybridized carbons (Fsp3) is 0.154. The highest BCUT2D eigenvalue weighted by atomic mass is 35.5. The van der Waals surface area contributed by atoms with Crippen LogP contribution in [0.1, 0.15) is 6.42 Å². The second kappa shape index (κ2) is 3.49. The molecule has 0 bridgehead atoms. The largest absolute Gasteiger partial charge is 0.240 e. The highest BCUT2D eigenvalue weighted by Crippen LogP contribution is 2.33. The van der Waals surface area contributed by atoms with E-state index in [4.69, 9.17) is 11.6 Å². The molecule has 2 nitrogen and oxygen atoms in total. The third-order valence-corrected chi connectivity index (χ3v) is 3.27. The standard InChI is InChI=1S/C13H11ClN2/c14-13(8-4-1-5-9-13)16-12-7-3-2-6-11(12)10-15-16/h1-8,10H,9H2. The monoisotopic (exact) mass is 230 g/mol. The maximum atomic E-state index is 6.58. The zero-order chi connectivity index (χ0) is 11.0. The zero-order valence-electron chi connectivity index (χ0n) is 8.68. The minimum atomic E-state index is -0.558. The van der Waals surface area contributed by atoms with Crippen LogP contribution in [0.25, 0.3) is 10.9 Å². The molecule has 0 amide bonds. The third kappa shape index (κ3) is 1.38. The fourth-order valence-corrected chi connectivity index (χ4v) is 2.30. The summed E-state index contributed by atoms with van der Waals surface area (Å²) >= 11 is 6.58. The Morgan fingerprint density at radius 1 is 1.25 bits per heavy atom. The Balaban J connectivity index is 2.19. The Hall–Kier alpha value is -1.54. The molecule has 0 fully saturated rings. The first-order valence-corrected chi connectivity index (χ1v) is 5.64. The van der Waals surface area contributed by atoms with E-state index in [2.05, 4.69) is 11.2 Å². The van der Waals surface area contributed by atoms with Crippen molar-refractivity contribution in [2.24, 2.45) is 0 Å². The summed E-state index contributed by atoms with van der Waals surface area (Å²) in [7, 11) is 0. The number of hydrogen-bond acceptors (Lipinski definition) is 1. The van der Waals surface area contributed by atoms with E-state index in [1.165, 1.54) is 0 Å². The average Bonchev–Trinajstić information content (AvgIpc) is 2.74. The molecule has 2 aromatic rings. The molecule has 0 spiro atoms. The summed E-state index contributed by atoms with van der Waals surface area (Å²) in [5.41, 5.74) is 1.07. The predicted molar refractivity (Wildman–Crippen MR) is 66.5 cm³/mol. The first-order valence-electron chi connectivity index (χ1n) is 5.26. The van der Waals surface area contributed by atoms with Gasteiger partial charge in [0.15, 0.2) is 5.00 Å². The lowest BCUT2D eigenvalue weighted by molar-refractivity contribution is 0.493. The highest BCUT2D eigenvalue weighted by Gasteiger charge is 2.28. The van der Waals surface area contributed by atoms with Crippen LogP contribution in [-0.4, -0.2) is 9.78 Å². The predicted octanol–water partition coefficient (Wildman–Crippen LogP) is 3.44. The Morgan fingerprint density at radius 2 is 2.12 bits per heavy atom. The van der Waals surface area contributed by atoms with Crippen LogP contribution >= 0.6 is 11.6 Å². The third-order valence-electron chi connectivity index (χ3n) is 2.83. The number of halogens is 1. The molecule has 0 saturated heterocycles. The minimum Gasteiger partial charge on any atom is -0.240 e. The van der Waals surface area contributed by atoms with Gasteiger partial charge in [-0.25, -0.2) is 4.68 Å². The SMILES string of the molecule is ClC1(n2ncc3ccccc32)C=CC=CC1. The van der Waals surface area contributed by atoms with Gasteiger partial charge < -0.3 is 0 Å². The minimum absolute atomic E-state index is 0.558. The van der Waals surface area contributed by atoms with Crippen molar-refractivity contribution in [1.29, 1.82) is 0 Å². The molecule has 3 heteroatoms. The quantitative estimate of drug-likeness (QED) is 0.687. The molecule has 80 valence electrons. The van der Waals surface area contributed by atoms with Crippen molar-refractivity contribution in [3.63, 3.8) is 0 Å². The van der Waals surface area contributed by atoms with Crippen LogP contribution in [0, 0.1) is 0 Å². The van der Waals surface area contributed by atoms with Gasteiger partial charge in [-0.3, -0.25) is 0 Å². The molecule has 0 aliphatic heterocycles. The van der Waals surface area contributed by atoms with E-state index in [0.717, 1.165) is 17.3 Å². The summed E-state index contributed by atoms with van der Waals surface area (Å²) in [6, 6.07) is 8.09. The highest BCUT2D eigenvalue weighted by molar-refractivity contribution is 6.23. The van der Waals surface area contributed by atoms with Crippen molar-refractivity contribution in [2.75, 3.05) is 0 Å². The van der Waals surface area contributed by atoms with Crippen LogP contribution in [0.15, 0.2) is 54.8 Å². The summed E-state index contributed by atoms with van der Waals surface area (Å²) in [6.07, 6.45) is 10.6. The molecule has 1 unspecified atom stereocenters. The smallest absolute Gasteiger partial charge is 0.158 e. The van der Waals surface area contributed by atoms with Gasteiger partial charge in [0.05, 0.1) is 11.7 Å². The molecular weight excluding hydrogens is 220 g/mol. The number of para-hydroxylation sites is 1. The van der Waals surface area contributed by atoms with Crippen LogP contribution in [0.3, 0.4) is 0 Å². The van der Waals surface area contributed by atoms with Crippen LogP contribution in [-0.2, 0) is 5.00 Å². The van der Waals surface area contributed by atoms with E-state index >= 15 is 0 Å². The molecule has 1 aromatic heterocycles. The van der Waals surface area contributed by atoms with Gasteiger partial charge in [-0.1, -0.05) is 48.0 Å². The fourth-order valence-electron chi connectivity index (χ4n) is 2.01. The Labute approximate surface area is 98.8 Å². The number of aromatic nitrogens is 2. The molecule has 1 aliphatic rings. The first-order chi connectivity index (χ1) is 7.80. The molecule has 1 heterocycles. The van der Waals surface area contributed by atoms with E-state index in [9.17, 15) is 0 Å². The number of nitrogens with zero attached hydrogens (tertiary/aromatic N) is 2. The molecule has 3 rings (SSSR count). The maximum Gasteiger partial charge on any atom is 0.158 e. The normalized spacial score (nSPS) is 24.1. The van der Waals surface area contributed by atoms with Crippen LogP contribution in [0.2, 0.25) is 0 Å². The second-order valence-electron chi connectivity index (χ2n) is 3.93. The lowest BCUT2D eigenvalue weighted by Gasteiger charge is -2.25. The maximum absolute atomic E-state index is 6.58. The van der Waals surface area contributed by atoms with Crippen molar-refractivity contribution in [3.05, 3.63) is 54.8 Å². The van der Waals surface area contributed by atoms with Gasteiger partial charge in [0.25, 0.3) is 0 Å². The van der Waals surface area contributed by atoms with Gasteiger partial charge in [-0.15, -0.1) is 0 Å². The lowest BCUT2D eigenvalue weighted by atomic mass is 10.1. The summed E-state index contributed by atoms with van der Waals surface area (Å²) in [5.74, 6) is 0. The van der Waals surface area contributed by atoms with Gasteiger partial charge in [0.2, 0.25) is 0 Å². The number of fused-ring (bicyclic) bond motifs is 1. The second-order valence-corrected chi connectivity index (χ2v) is 4.58. The molecule has 1 aliphatic carbocycles. The van der Waals surface area contributed by atoms with Gasteiger partial charge >= 0.3 is 0 Å². The molecule has 0 saturated carbocycles. The van der Waals surface area contributed by atoms with E-state index in [0.29, 0.717) is 0 Å². The van der Waals surface area contributed by atoms with Gasteiger partial charge in [0, 0.05) is 11.8 Å². The van der Waals surface area contributed by atoms with Crippen LogP contribution in [0.4, 0.5) is 0 Å². The van der Waals surface area contributed by atoms with E-state index in [-0.39, 0.29) is 0 Å². The Morgan fingerprint density at radius 3 is 2.94 bits per heavy atom. The van der Waals surface area contributed by atoms with Crippen molar-refractivity contribution >= 4 is 22.5 Å². The molecule has 16 heavy (non-hydrogen) atoms. The van der Waals surface area contributed by atoms with Crippen LogP contribution in [0.5, 0.6) is 0 Å².